The summed E-state index contributed by atoms with van der Waals surface area (Å²) in [6.45, 7) is 9.50. The molecule has 0 aromatic rings. The average Bonchev–Trinajstić information content (AvgIpc) is 2.72. The molecule has 1 aliphatic carbocycles. The lowest BCUT2D eigenvalue weighted by Gasteiger charge is -2.45. The summed E-state index contributed by atoms with van der Waals surface area (Å²) in [5.74, 6) is -0.896. The van der Waals surface area contributed by atoms with Crippen LogP contribution in [0.3, 0.4) is 0 Å². The van der Waals surface area contributed by atoms with Crippen LogP contribution in [0.5, 0.6) is 0 Å². The van der Waals surface area contributed by atoms with E-state index in [1.807, 2.05) is 0 Å². The van der Waals surface area contributed by atoms with Gasteiger partial charge in [0.15, 0.2) is 0 Å². The normalized spacial score (nSPS) is 28.4. The molecule has 2 rings (SSSR count). The number of nitrogens with zero attached hydrogens (tertiary/aromatic N) is 1. The molecular formula is C16H28N2O3. The molecule has 2 fully saturated rings. The Morgan fingerprint density at radius 1 is 1.14 bits per heavy atom. The quantitative estimate of drug-likeness (QED) is 0.823. The number of carbonyl (C=O) groups is 2. The van der Waals surface area contributed by atoms with E-state index in [1.165, 1.54) is 4.90 Å². The molecule has 1 saturated heterocycles. The first kappa shape index (κ1) is 16.1. The highest BCUT2D eigenvalue weighted by Gasteiger charge is 2.40. The van der Waals surface area contributed by atoms with Gasteiger partial charge in [0.1, 0.15) is 6.04 Å². The van der Waals surface area contributed by atoms with Crippen LogP contribution in [0.1, 0.15) is 59.8 Å². The van der Waals surface area contributed by atoms with Crippen LogP contribution in [0.4, 0.5) is 4.79 Å². The molecule has 5 nitrogen and oxygen atoms in total. The van der Waals surface area contributed by atoms with Gasteiger partial charge >= 0.3 is 12.0 Å². The van der Waals surface area contributed by atoms with E-state index in [1.54, 1.807) is 0 Å². The second kappa shape index (κ2) is 5.50. The molecule has 0 radical (unpaired) electrons. The van der Waals surface area contributed by atoms with Gasteiger partial charge in [-0.3, -0.25) is 0 Å². The van der Waals surface area contributed by atoms with Crippen LogP contribution >= 0.6 is 0 Å². The third-order valence-corrected chi connectivity index (χ3v) is 4.68. The molecule has 0 aromatic carbocycles. The van der Waals surface area contributed by atoms with E-state index in [-0.39, 0.29) is 22.9 Å². The Kier molecular flexibility index (Phi) is 4.22. The van der Waals surface area contributed by atoms with Gasteiger partial charge in [0.25, 0.3) is 0 Å². The Labute approximate surface area is 127 Å². The van der Waals surface area contributed by atoms with E-state index in [0.717, 1.165) is 25.7 Å². The van der Waals surface area contributed by atoms with Crippen molar-refractivity contribution in [3.63, 3.8) is 0 Å². The molecule has 1 aliphatic heterocycles. The zero-order chi connectivity index (χ0) is 15.8. The van der Waals surface area contributed by atoms with Crippen molar-refractivity contribution in [2.24, 2.45) is 10.8 Å². The molecule has 2 aliphatic rings. The summed E-state index contributed by atoms with van der Waals surface area (Å²) in [7, 11) is 0. The van der Waals surface area contributed by atoms with Crippen molar-refractivity contribution in [1.29, 1.82) is 0 Å². The lowest BCUT2D eigenvalue weighted by Crippen LogP contribution is -2.52. The fourth-order valence-electron chi connectivity index (χ4n) is 4.47. The average molecular weight is 296 g/mol. The number of nitrogens with one attached hydrogen (secondary N) is 1. The highest BCUT2D eigenvalue weighted by Crippen LogP contribution is 2.45. The number of hydrogen-bond donors (Lipinski definition) is 2. The van der Waals surface area contributed by atoms with Crippen LogP contribution in [0.2, 0.25) is 0 Å². The minimum atomic E-state index is -0.896. The summed E-state index contributed by atoms with van der Waals surface area (Å²) in [4.78, 5) is 25.1. The smallest absolute Gasteiger partial charge is 0.326 e. The van der Waals surface area contributed by atoms with Gasteiger partial charge in [-0.1, -0.05) is 27.7 Å². The van der Waals surface area contributed by atoms with E-state index in [4.69, 9.17) is 0 Å². The number of likely N-dealkylation sites (tertiary alicyclic amines) is 1. The molecule has 0 aromatic heterocycles. The van der Waals surface area contributed by atoms with Crippen LogP contribution in [0, 0.1) is 10.8 Å². The first-order chi connectivity index (χ1) is 9.60. The molecule has 0 spiro atoms. The third kappa shape index (κ3) is 3.89. The number of aliphatic carboxylic acids is 1. The fraction of sp³-hybridized carbons (Fsp3) is 0.875. The molecule has 0 bridgehead atoms. The number of urea groups is 1. The molecule has 120 valence electrons. The van der Waals surface area contributed by atoms with Gasteiger partial charge in [-0.25, -0.2) is 9.59 Å². The van der Waals surface area contributed by atoms with E-state index >= 15 is 0 Å². The van der Waals surface area contributed by atoms with Crippen LogP contribution < -0.4 is 5.32 Å². The molecule has 2 amide bonds. The maximum Gasteiger partial charge on any atom is 0.326 e. The van der Waals surface area contributed by atoms with Crippen molar-refractivity contribution in [1.82, 2.24) is 10.2 Å². The molecule has 1 atom stereocenters. The largest absolute Gasteiger partial charge is 0.480 e. The summed E-state index contributed by atoms with van der Waals surface area (Å²) < 4.78 is 0. The second-order valence-corrected chi connectivity index (χ2v) is 8.25. The van der Waals surface area contributed by atoms with Gasteiger partial charge in [-0.2, -0.15) is 0 Å². The summed E-state index contributed by atoms with van der Waals surface area (Å²) >= 11 is 0. The van der Waals surface area contributed by atoms with Crippen molar-refractivity contribution >= 4 is 12.0 Å². The summed E-state index contributed by atoms with van der Waals surface area (Å²) in [5.41, 5.74) is 0.411. The molecular weight excluding hydrogens is 268 g/mol. The molecule has 5 heteroatoms. The molecule has 2 N–H and O–H groups in total. The van der Waals surface area contributed by atoms with E-state index < -0.39 is 12.0 Å². The van der Waals surface area contributed by atoms with Gasteiger partial charge < -0.3 is 15.3 Å². The lowest BCUT2D eigenvalue weighted by molar-refractivity contribution is -0.141. The number of hydrogen-bond acceptors (Lipinski definition) is 2. The topological polar surface area (TPSA) is 69.6 Å². The Balaban J connectivity index is 2.00. The lowest BCUT2D eigenvalue weighted by atomic mass is 9.63. The van der Waals surface area contributed by atoms with Crippen LogP contribution in [0.15, 0.2) is 0 Å². The Bertz CT molecular complexity index is 415. The molecule has 0 unspecified atom stereocenters. The maximum absolute atomic E-state index is 12.4. The van der Waals surface area contributed by atoms with Crippen molar-refractivity contribution in [2.45, 2.75) is 71.9 Å². The summed E-state index contributed by atoms with van der Waals surface area (Å²) in [6.07, 6.45) is 4.38. The van der Waals surface area contributed by atoms with Crippen molar-refractivity contribution in [3.8, 4) is 0 Å². The summed E-state index contributed by atoms with van der Waals surface area (Å²) in [6, 6.07) is -0.737. The van der Waals surface area contributed by atoms with Crippen LogP contribution in [0.25, 0.3) is 0 Å². The Morgan fingerprint density at radius 3 is 2.24 bits per heavy atom. The SMILES string of the molecule is CC1(C)CC(NC(=O)N2CCC[C@@H]2C(=O)O)CC(C)(C)C1. The van der Waals surface area contributed by atoms with Crippen molar-refractivity contribution < 1.29 is 14.7 Å². The number of rotatable bonds is 2. The third-order valence-electron chi connectivity index (χ3n) is 4.68. The highest BCUT2D eigenvalue weighted by atomic mass is 16.4. The Morgan fingerprint density at radius 2 is 1.71 bits per heavy atom. The van der Waals surface area contributed by atoms with E-state index in [0.29, 0.717) is 13.0 Å². The monoisotopic (exact) mass is 296 g/mol. The molecule has 21 heavy (non-hydrogen) atoms. The zero-order valence-electron chi connectivity index (χ0n) is 13.6. The van der Waals surface area contributed by atoms with E-state index in [9.17, 15) is 14.7 Å². The van der Waals surface area contributed by atoms with Crippen molar-refractivity contribution in [3.05, 3.63) is 0 Å². The first-order valence-electron chi connectivity index (χ1n) is 7.90. The fourth-order valence-corrected chi connectivity index (χ4v) is 4.47. The van der Waals surface area contributed by atoms with Gasteiger partial charge in [0.2, 0.25) is 0 Å². The minimum absolute atomic E-state index is 0.131. The minimum Gasteiger partial charge on any atom is -0.480 e. The van der Waals surface area contributed by atoms with E-state index in [2.05, 4.69) is 33.0 Å². The van der Waals surface area contributed by atoms with Crippen molar-refractivity contribution in [2.75, 3.05) is 6.54 Å². The predicted octanol–water partition coefficient (Wildman–Crippen LogP) is 2.85. The molecule has 1 saturated carbocycles. The van der Waals surface area contributed by atoms with Crippen LogP contribution in [-0.4, -0.2) is 40.6 Å². The first-order valence-corrected chi connectivity index (χ1v) is 7.90. The van der Waals surface area contributed by atoms with Gasteiger partial charge in [0, 0.05) is 12.6 Å². The zero-order valence-corrected chi connectivity index (χ0v) is 13.6. The summed E-state index contributed by atoms with van der Waals surface area (Å²) in [5, 5.41) is 12.3. The predicted molar refractivity (Wildman–Crippen MR) is 81.1 cm³/mol. The number of carboxylic acids is 1. The highest BCUT2D eigenvalue weighted by molar-refractivity contribution is 5.83. The second-order valence-electron chi connectivity index (χ2n) is 8.25. The number of carbonyl (C=O) groups excluding carboxylic acids is 1. The number of carboxylic acid groups (broad SMARTS) is 1. The van der Waals surface area contributed by atoms with Gasteiger partial charge in [-0.05, 0) is 42.9 Å². The Hall–Kier alpha value is -1.26. The standard InChI is InChI=1S/C16H28N2O3/c1-15(2)8-11(9-16(3,4)10-15)17-14(21)18-7-5-6-12(18)13(19)20/h11-12H,5-10H2,1-4H3,(H,17,21)(H,19,20)/t12-/m1/s1. The number of amides is 2. The van der Waals surface area contributed by atoms with Gasteiger partial charge in [-0.15, -0.1) is 0 Å². The maximum atomic E-state index is 12.4. The van der Waals surface area contributed by atoms with Crippen LogP contribution in [-0.2, 0) is 4.79 Å². The molecule has 1 heterocycles. The van der Waals surface area contributed by atoms with Gasteiger partial charge in [0.05, 0.1) is 0 Å².